The third-order valence-corrected chi connectivity index (χ3v) is 6.39. The molecule has 0 aliphatic rings. The van der Waals surface area contributed by atoms with Crippen LogP contribution in [-0.4, -0.2) is 38.4 Å². The summed E-state index contributed by atoms with van der Waals surface area (Å²) in [5, 5.41) is 3.11. The van der Waals surface area contributed by atoms with Gasteiger partial charge in [0.05, 0.1) is 35.8 Å². The van der Waals surface area contributed by atoms with Crippen molar-refractivity contribution in [3.63, 3.8) is 0 Å². The molecule has 0 amide bonds. The molecule has 0 aliphatic carbocycles. The molecule has 4 rings (SSSR count). The predicted molar refractivity (Wildman–Crippen MR) is 130 cm³/mol. The van der Waals surface area contributed by atoms with E-state index in [-0.39, 0.29) is 22.3 Å². The number of sulfonamides is 1. The Morgan fingerprint density at radius 1 is 0.853 bits per heavy atom. The number of Topliss-reactive ketones (excluding diaryl/α,β-unsaturated/α-hetero) is 1. The summed E-state index contributed by atoms with van der Waals surface area (Å²) < 4.78 is 39.4. The molecule has 0 saturated carbocycles. The molecule has 0 radical (unpaired) electrons. The van der Waals surface area contributed by atoms with Crippen LogP contribution >= 0.6 is 0 Å². The van der Waals surface area contributed by atoms with Crippen molar-refractivity contribution in [1.29, 1.82) is 0 Å². The van der Waals surface area contributed by atoms with Gasteiger partial charge >= 0.3 is 0 Å². The van der Waals surface area contributed by atoms with Crippen molar-refractivity contribution in [3.8, 4) is 11.5 Å². The molecule has 0 aliphatic heterocycles. The molecule has 3 aromatic carbocycles. The Bertz CT molecular complexity index is 1470. The van der Waals surface area contributed by atoms with Crippen LogP contribution < -0.4 is 19.5 Å². The highest BCUT2D eigenvalue weighted by molar-refractivity contribution is 7.92. The Kier molecular flexibility index (Phi) is 6.33. The van der Waals surface area contributed by atoms with E-state index in [0.29, 0.717) is 33.8 Å². The first-order valence-electron chi connectivity index (χ1n) is 10.2. The van der Waals surface area contributed by atoms with Gasteiger partial charge in [-0.3, -0.25) is 9.52 Å². The molecule has 0 unspecified atom stereocenters. The first kappa shape index (κ1) is 23.0. The summed E-state index contributed by atoms with van der Waals surface area (Å²) in [4.78, 5) is 20.6. The normalized spacial score (nSPS) is 11.1. The summed E-state index contributed by atoms with van der Waals surface area (Å²) in [6, 6.07) is 17.9. The summed E-state index contributed by atoms with van der Waals surface area (Å²) in [6.45, 7) is 1.41. The Labute approximate surface area is 196 Å². The van der Waals surface area contributed by atoms with Gasteiger partial charge in [0.1, 0.15) is 11.5 Å². The van der Waals surface area contributed by atoms with Crippen molar-refractivity contribution in [3.05, 3.63) is 72.3 Å². The fourth-order valence-corrected chi connectivity index (χ4v) is 4.26. The topological polar surface area (TPSA) is 120 Å². The number of nitrogens with one attached hydrogen (secondary N) is 2. The number of hydrogen-bond acceptors (Lipinski definition) is 8. The van der Waals surface area contributed by atoms with Gasteiger partial charge in [0.2, 0.25) is 0 Å². The largest absolute Gasteiger partial charge is 0.497 e. The number of aromatic nitrogens is 2. The smallest absolute Gasteiger partial charge is 0.263 e. The SMILES string of the molecule is COc1ccc(OC)c(Nc2nc3ccccc3nc2NS(=O)(=O)c2ccc(C(C)=O)cc2)c1. The van der Waals surface area contributed by atoms with Crippen molar-refractivity contribution in [2.75, 3.05) is 24.3 Å². The van der Waals surface area contributed by atoms with Crippen LogP contribution in [0.2, 0.25) is 0 Å². The van der Waals surface area contributed by atoms with Crippen LogP contribution in [0.15, 0.2) is 71.6 Å². The average molecular weight is 479 g/mol. The molecule has 4 aromatic rings. The number of fused-ring (bicyclic) bond motifs is 1. The van der Waals surface area contributed by atoms with Gasteiger partial charge in [0.15, 0.2) is 17.4 Å². The number of nitrogens with zero attached hydrogens (tertiary/aromatic N) is 2. The van der Waals surface area contributed by atoms with E-state index in [1.807, 2.05) is 6.07 Å². The van der Waals surface area contributed by atoms with Crippen molar-refractivity contribution in [1.82, 2.24) is 9.97 Å². The van der Waals surface area contributed by atoms with E-state index in [9.17, 15) is 13.2 Å². The Hall–Kier alpha value is -4.18. The second kappa shape index (κ2) is 9.36. The quantitative estimate of drug-likeness (QED) is 0.358. The van der Waals surface area contributed by atoms with E-state index in [0.717, 1.165) is 0 Å². The standard InChI is InChI=1S/C24H22N4O5S/c1-15(29)16-8-11-18(12-9-16)34(30,31)28-24-23(25-19-6-4-5-7-20(19)26-24)27-21-14-17(32-2)10-13-22(21)33-3/h4-14H,1-3H3,(H,25,27)(H,26,28). The van der Waals surface area contributed by atoms with E-state index in [2.05, 4.69) is 20.0 Å². The van der Waals surface area contributed by atoms with E-state index >= 15 is 0 Å². The van der Waals surface area contributed by atoms with Crippen LogP contribution in [0.1, 0.15) is 17.3 Å². The van der Waals surface area contributed by atoms with E-state index in [4.69, 9.17) is 9.47 Å². The van der Waals surface area contributed by atoms with Crippen molar-refractivity contribution in [2.45, 2.75) is 11.8 Å². The molecule has 174 valence electrons. The minimum atomic E-state index is -4.03. The minimum Gasteiger partial charge on any atom is -0.497 e. The van der Waals surface area contributed by atoms with E-state index in [1.54, 1.807) is 43.5 Å². The molecule has 0 spiro atoms. The third kappa shape index (κ3) is 4.76. The van der Waals surface area contributed by atoms with Gasteiger partial charge in [-0.1, -0.05) is 24.3 Å². The van der Waals surface area contributed by atoms with Gasteiger partial charge in [-0.25, -0.2) is 18.4 Å². The Morgan fingerprint density at radius 2 is 1.50 bits per heavy atom. The number of ketones is 1. The van der Waals surface area contributed by atoms with Crippen LogP contribution in [0.25, 0.3) is 11.0 Å². The highest BCUT2D eigenvalue weighted by Gasteiger charge is 2.20. The lowest BCUT2D eigenvalue weighted by Gasteiger charge is -2.16. The molecule has 0 bridgehead atoms. The predicted octanol–water partition coefficient (Wildman–Crippen LogP) is 4.39. The molecular weight excluding hydrogens is 456 g/mol. The van der Waals surface area contributed by atoms with Crippen LogP contribution in [0.3, 0.4) is 0 Å². The lowest BCUT2D eigenvalue weighted by molar-refractivity contribution is 0.101. The Balaban J connectivity index is 1.78. The molecule has 34 heavy (non-hydrogen) atoms. The van der Waals surface area contributed by atoms with Crippen molar-refractivity contribution in [2.24, 2.45) is 0 Å². The van der Waals surface area contributed by atoms with Gasteiger partial charge < -0.3 is 14.8 Å². The second-order valence-electron chi connectivity index (χ2n) is 7.29. The average Bonchev–Trinajstić information content (AvgIpc) is 2.84. The molecule has 0 atom stereocenters. The van der Waals surface area contributed by atoms with Gasteiger partial charge in [0.25, 0.3) is 10.0 Å². The molecule has 9 nitrogen and oxygen atoms in total. The summed E-state index contributed by atoms with van der Waals surface area (Å²) in [6.07, 6.45) is 0. The summed E-state index contributed by atoms with van der Waals surface area (Å²) in [5.74, 6) is 1.10. The summed E-state index contributed by atoms with van der Waals surface area (Å²) >= 11 is 0. The number of rotatable bonds is 8. The van der Waals surface area contributed by atoms with Gasteiger partial charge in [-0.2, -0.15) is 0 Å². The summed E-state index contributed by atoms with van der Waals surface area (Å²) in [7, 11) is -0.966. The first-order chi connectivity index (χ1) is 16.3. The Morgan fingerprint density at radius 3 is 2.09 bits per heavy atom. The number of carbonyl (C=O) groups excluding carboxylic acids is 1. The van der Waals surface area contributed by atoms with Gasteiger partial charge in [0, 0.05) is 11.6 Å². The number of methoxy groups -OCH3 is 2. The fourth-order valence-electron chi connectivity index (χ4n) is 3.25. The lowest BCUT2D eigenvalue weighted by Crippen LogP contribution is -2.16. The molecular formula is C24H22N4O5S. The molecule has 10 heteroatoms. The zero-order chi connectivity index (χ0) is 24.3. The zero-order valence-electron chi connectivity index (χ0n) is 18.7. The molecule has 1 heterocycles. The van der Waals surface area contributed by atoms with E-state index in [1.165, 1.54) is 38.3 Å². The van der Waals surface area contributed by atoms with Gasteiger partial charge in [-0.15, -0.1) is 0 Å². The lowest BCUT2D eigenvalue weighted by atomic mass is 10.2. The molecule has 0 fully saturated rings. The molecule has 2 N–H and O–H groups in total. The van der Waals surface area contributed by atoms with Crippen LogP contribution in [-0.2, 0) is 10.0 Å². The molecule has 0 saturated heterocycles. The summed E-state index contributed by atoms with van der Waals surface area (Å²) in [5.41, 5.74) is 2.01. The van der Waals surface area contributed by atoms with Crippen LogP contribution in [0, 0.1) is 0 Å². The highest BCUT2D eigenvalue weighted by atomic mass is 32.2. The molecule has 1 aromatic heterocycles. The maximum atomic E-state index is 13.1. The minimum absolute atomic E-state index is 0.000725. The number of hydrogen-bond donors (Lipinski definition) is 2. The fraction of sp³-hybridized carbons (Fsp3) is 0.125. The zero-order valence-corrected chi connectivity index (χ0v) is 19.5. The van der Waals surface area contributed by atoms with Gasteiger partial charge in [-0.05, 0) is 43.3 Å². The monoisotopic (exact) mass is 478 g/mol. The number of benzene rings is 3. The van der Waals surface area contributed by atoms with Crippen LogP contribution in [0.4, 0.5) is 17.3 Å². The highest BCUT2D eigenvalue weighted by Crippen LogP contribution is 2.34. The number of carbonyl (C=O) groups is 1. The number of anilines is 3. The number of ether oxygens (including phenoxy) is 2. The van der Waals surface area contributed by atoms with Crippen molar-refractivity contribution >= 4 is 44.2 Å². The van der Waals surface area contributed by atoms with Crippen LogP contribution in [0.5, 0.6) is 11.5 Å². The second-order valence-corrected chi connectivity index (χ2v) is 8.97. The maximum Gasteiger partial charge on any atom is 0.263 e. The van der Waals surface area contributed by atoms with E-state index < -0.39 is 10.0 Å². The van der Waals surface area contributed by atoms with Crippen molar-refractivity contribution < 1.29 is 22.7 Å². The first-order valence-corrected chi connectivity index (χ1v) is 11.7. The third-order valence-electron chi connectivity index (χ3n) is 5.03. The maximum absolute atomic E-state index is 13.1. The number of para-hydroxylation sites is 2.